The summed E-state index contributed by atoms with van der Waals surface area (Å²) in [6, 6.07) is 7.52. The van der Waals surface area contributed by atoms with E-state index in [1.54, 1.807) is 0 Å². The molecule has 0 aliphatic carbocycles. The fraction of sp³-hybridized carbons (Fsp3) is 0.809. The van der Waals surface area contributed by atoms with E-state index in [0.717, 1.165) is 43.0 Å². The molecule has 0 bridgehead atoms. The normalized spacial score (nSPS) is 12.0. The van der Waals surface area contributed by atoms with Crippen molar-refractivity contribution in [3.63, 3.8) is 0 Å². The molecule has 1 aromatic carbocycles. The molecular formula is C47H81NO5S. The van der Waals surface area contributed by atoms with E-state index in [0.29, 0.717) is 24.0 Å². The molecule has 0 saturated carbocycles. The minimum absolute atomic E-state index is 0.0555. The summed E-state index contributed by atoms with van der Waals surface area (Å²) in [4.78, 5) is 30.5. The first kappa shape index (κ1) is 48.1. The van der Waals surface area contributed by atoms with Gasteiger partial charge in [-0.2, -0.15) is 0 Å². The first-order valence-corrected chi connectivity index (χ1v) is 23.9. The van der Waals surface area contributed by atoms with Crippen LogP contribution in [0.15, 0.2) is 33.9 Å². The number of hydrogen-bond acceptors (Lipinski definition) is 7. The van der Waals surface area contributed by atoms with Gasteiger partial charge >= 0.3 is 11.9 Å². The number of para-hydroxylation sites is 2. The lowest BCUT2D eigenvalue weighted by atomic mass is 10.0. The van der Waals surface area contributed by atoms with Gasteiger partial charge in [0.25, 0.3) is 5.22 Å². The Hall–Kier alpha value is -2.02. The van der Waals surface area contributed by atoms with Gasteiger partial charge < -0.3 is 13.9 Å². The fourth-order valence-corrected chi connectivity index (χ4v) is 8.07. The van der Waals surface area contributed by atoms with Gasteiger partial charge in [0.05, 0.1) is 19.6 Å². The zero-order valence-electron chi connectivity index (χ0n) is 35.0. The molecule has 54 heavy (non-hydrogen) atoms. The molecule has 2 aromatic rings. The number of fused-ring (bicyclic) bond motifs is 1. The summed E-state index contributed by atoms with van der Waals surface area (Å²) in [5.41, 5.74) is 1.39. The lowest BCUT2D eigenvalue weighted by molar-refractivity contribution is -0.149. The van der Waals surface area contributed by atoms with E-state index in [2.05, 4.69) is 18.8 Å². The van der Waals surface area contributed by atoms with Crippen molar-refractivity contribution in [1.29, 1.82) is 0 Å². The number of oxazole rings is 1. The Balaban J connectivity index is 1.54. The van der Waals surface area contributed by atoms with Gasteiger partial charge in [-0.15, -0.1) is 0 Å². The Morgan fingerprint density at radius 3 is 1.31 bits per heavy atom. The minimum Gasteiger partial charge on any atom is -0.466 e. The van der Waals surface area contributed by atoms with Crippen LogP contribution >= 0.6 is 11.8 Å². The molecule has 1 unspecified atom stereocenters. The standard InChI is InChI=1S/C47H81NO5S/c1-3-5-7-9-11-13-15-17-19-21-23-25-27-29-31-35-39-51-45(49)41-44(54-47-48-42-37-33-34-38-43(42)53-47)46(50)52-40-36-32-30-28-26-24-22-20-18-16-14-12-10-8-6-4-2/h33-34,37-38,44H,3-32,35-36,39-41H2,1-2H3. The highest BCUT2D eigenvalue weighted by atomic mass is 32.2. The van der Waals surface area contributed by atoms with Crippen molar-refractivity contribution in [2.24, 2.45) is 0 Å². The van der Waals surface area contributed by atoms with Gasteiger partial charge in [0.2, 0.25) is 0 Å². The topological polar surface area (TPSA) is 78.6 Å². The highest BCUT2D eigenvalue weighted by molar-refractivity contribution is 8.00. The van der Waals surface area contributed by atoms with Gasteiger partial charge in [0.1, 0.15) is 10.8 Å². The SMILES string of the molecule is CCCCCCCCCCCCCCCCCCOC(=O)CC(Sc1nc2ccccc2o1)C(=O)OCCCCCCCCCCCCCCCCCC. The summed E-state index contributed by atoms with van der Waals surface area (Å²) in [6.07, 6.45) is 41.7. The van der Waals surface area contributed by atoms with E-state index >= 15 is 0 Å². The van der Waals surface area contributed by atoms with Crippen molar-refractivity contribution in [1.82, 2.24) is 4.98 Å². The third-order valence-corrected chi connectivity index (χ3v) is 11.7. The van der Waals surface area contributed by atoms with Gasteiger partial charge in [0.15, 0.2) is 5.58 Å². The quantitative estimate of drug-likeness (QED) is 0.0380. The number of unbranched alkanes of at least 4 members (excludes halogenated alkanes) is 30. The van der Waals surface area contributed by atoms with Crippen molar-refractivity contribution >= 4 is 34.8 Å². The first-order chi connectivity index (χ1) is 26.6. The maximum atomic E-state index is 13.2. The van der Waals surface area contributed by atoms with Gasteiger partial charge in [-0.05, 0) is 25.0 Å². The molecule has 0 saturated heterocycles. The number of carbonyl (C=O) groups excluding carboxylic acids is 2. The van der Waals surface area contributed by atoms with Crippen molar-refractivity contribution in [3.05, 3.63) is 24.3 Å². The van der Waals surface area contributed by atoms with E-state index in [9.17, 15) is 9.59 Å². The van der Waals surface area contributed by atoms with Crippen LogP contribution in [-0.4, -0.2) is 35.4 Å². The lowest BCUT2D eigenvalue weighted by Gasteiger charge is -2.14. The number of nitrogens with zero attached hydrogens (tertiary/aromatic N) is 1. The molecule has 6 nitrogen and oxygen atoms in total. The minimum atomic E-state index is -0.752. The molecule has 7 heteroatoms. The van der Waals surface area contributed by atoms with Crippen molar-refractivity contribution in [3.8, 4) is 0 Å². The van der Waals surface area contributed by atoms with Crippen LogP contribution in [0.25, 0.3) is 11.1 Å². The number of rotatable bonds is 39. The summed E-state index contributed by atoms with van der Waals surface area (Å²) in [5.74, 6) is -0.772. The number of benzene rings is 1. The molecule has 0 fully saturated rings. The van der Waals surface area contributed by atoms with Crippen LogP contribution in [0, 0.1) is 0 Å². The van der Waals surface area contributed by atoms with E-state index in [4.69, 9.17) is 13.9 Å². The zero-order valence-corrected chi connectivity index (χ0v) is 35.8. The van der Waals surface area contributed by atoms with Gasteiger partial charge in [0, 0.05) is 0 Å². The molecule has 2 rings (SSSR count). The van der Waals surface area contributed by atoms with E-state index in [1.807, 2.05) is 24.3 Å². The summed E-state index contributed by atoms with van der Waals surface area (Å²) >= 11 is 1.15. The predicted octanol–water partition coefficient (Wildman–Crippen LogP) is 15.3. The largest absolute Gasteiger partial charge is 0.466 e. The molecule has 0 aliphatic heterocycles. The van der Waals surface area contributed by atoms with E-state index < -0.39 is 11.2 Å². The van der Waals surface area contributed by atoms with Crippen LogP contribution in [0.2, 0.25) is 0 Å². The second-order valence-corrected chi connectivity index (χ2v) is 16.9. The van der Waals surface area contributed by atoms with Crippen molar-refractivity contribution < 1.29 is 23.5 Å². The molecule has 1 heterocycles. The third-order valence-electron chi connectivity index (χ3n) is 10.6. The monoisotopic (exact) mass is 772 g/mol. The van der Waals surface area contributed by atoms with Crippen LogP contribution in [0.1, 0.15) is 226 Å². The Kier molecular flexibility index (Phi) is 31.5. The average molecular weight is 772 g/mol. The summed E-state index contributed by atoms with van der Waals surface area (Å²) < 4.78 is 17.1. The lowest BCUT2D eigenvalue weighted by Crippen LogP contribution is -2.25. The number of aromatic nitrogens is 1. The van der Waals surface area contributed by atoms with Crippen LogP contribution in [-0.2, 0) is 19.1 Å². The molecule has 1 aromatic heterocycles. The molecular weight excluding hydrogens is 691 g/mol. The molecule has 310 valence electrons. The van der Waals surface area contributed by atoms with Crippen LogP contribution in [0.5, 0.6) is 0 Å². The average Bonchev–Trinajstić information content (AvgIpc) is 3.59. The number of carbonyl (C=O) groups is 2. The summed E-state index contributed by atoms with van der Waals surface area (Å²) in [5, 5.41) is -0.386. The Labute approximate surface area is 335 Å². The molecule has 0 spiro atoms. The maximum Gasteiger partial charge on any atom is 0.320 e. The van der Waals surface area contributed by atoms with Crippen molar-refractivity contribution in [2.75, 3.05) is 13.2 Å². The van der Waals surface area contributed by atoms with Gasteiger partial charge in [-0.1, -0.05) is 230 Å². The first-order valence-electron chi connectivity index (χ1n) is 23.0. The Morgan fingerprint density at radius 2 is 0.907 bits per heavy atom. The maximum absolute atomic E-state index is 13.2. The number of hydrogen-bond donors (Lipinski definition) is 0. The molecule has 0 aliphatic rings. The Bertz CT molecular complexity index is 1120. The number of thioether (sulfide) groups is 1. The molecule has 0 amide bonds. The smallest absolute Gasteiger partial charge is 0.320 e. The molecule has 0 radical (unpaired) electrons. The van der Waals surface area contributed by atoms with Crippen molar-refractivity contribution in [2.45, 2.75) is 236 Å². The van der Waals surface area contributed by atoms with E-state index in [1.165, 1.54) is 180 Å². The van der Waals surface area contributed by atoms with Crippen LogP contribution in [0.4, 0.5) is 0 Å². The fourth-order valence-electron chi connectivity index (χ4n) is 7.16. The second-order valence-electron chi connectivity index (χ2n) is 15.8. The van der Waals surface area contributed by atoms with Crippen LogP contribution < -0.4 is 0 Å². The highest BCUT2D eigenvalue weighted by Gasteiger charge is 2.28. The van der Waals surface area contributed by atoms with E-state index in [-0.39, 0.29) is 12.4 Å². The second kappa shape index (κ2) is 35.4. The summed E-state index contributed by atoms with van der Waals surface area (Å²) in [6.45, 7) is 5.32. The van der Waals surface area contributed by atoms with Gasteiger partial charge in [-0.25, -0.2) is 4.98 Å². The number of esters is 2. The molecule has 1 atom stereocenters. The third kappa shape index (κ3) is 26.7. The van der Waals surface area contributed by atoms with Crippen LogP contribution in [0.3, 0.4) is 0 Å². The summed E-state index contributed by atoms with van der Waals surface area (Å²) in [7, 11) is 0. The van der Waals surface area contributed by atoms with Gasteiger partial charge in [-0.3, -0.25) is 9.59 Å². The zero-order chi connectivity index (χ0) is 38.6. The number of ether oxygens (including phenoxy) is 2. The Morgan fingerprint density at radius 1 is 0.537 bits per heavy atom. The molecule has 0 N–H and O–H groups in total. The predicted molar refractivity (Wildman–Crippen MR) is 229 cm³/mol. The highest BCUT2D eigenvalue weighted by Crippen LogP contribution is 2.29.